The number of amides is 1. The third-order valence-corrected chi connectivity index (χ3v) is 5.61. The molecule has 1 aromatic heterocycles. The summed E-state index contributed by atoms with van der Waals surface area (Å²) in [7, 11) is -3.61. The molecule has 7 nitrogen and oxygen atoms in total. The summed E-state index contributed by atoms with van der Waals surface area (Å²) < 4.78 is 38.1. The van der Waals surface area contributed by atoms with Crippen LogP contribution >= 0.6 is 15.9 Å². The van der Waals surface area contributed by atoms with Crippen LogP contribution in [0, 0.1) is 0 Å². The number of ether oxygens (including phenoxy) is 1. The summed E-state index contributed by atoms with van der Waals surface area (Å²) in [5.41, 5.74) is 0.468. The summed E-state index contributed by atoms with van der Waals surface area (Å²) in [5, 5.41) is 2.64. The predicted octanol–water partition coefficient (Wildman–Crippen LogP) is 2.75. The Balaban J connectivity index is 1.61. The normalized spacial score (nSPS) is 17.6. The maximum atomic E-state index is 12.3. The van der Waals surface area contributed by atoms with Gasteiger partial charge >= 0.3 is 0 Å². The van der Waals surface area contributed by atoms with Crippen LogP contribution in [0.25, 0.3) is 0 Å². The number of anilines is 1. The molecule has 0 unspecified atom stereocenters. The van der Waals surface area contributed by atoms with Crippen LogP contribution in [0.2, 0.25) is 0 Å². The monoisotopic (exact) mass is 428 g/mol. The molecule has 0 saturated carbocycles. The minimum atomic E-state index is -3.61. The van der Waals surface area contributed by atoms with Crippen LogP contribution in [0.15, 0.2) is 50.4 Å². The van der Waals surface area contributed by atoms with E-state index in [0.29, 0.717) is 17.0 Å². The van der Waals surface area contributed by atoms with Gasteiger partial charge in [0.05, 0.1) is 11.0 Å². The number of carbonyl (C=O) groups is 1. The lowest BCUT2D eigenvalue weighted by molar-refractivity contribution is 0.0995. The van der Waals surface area contributed by atoms with Crippen molar-refractivity contribution in [3.63, 3.8) is 0 Å². The first-order chi connectivity index (χ1) is 11.9. The Bertz CT molecular complexity index is 842. The highest BCUT2D eigenvalue weighted by Gasteiger charge is 2.20. The van der Waals surface area contributed by atoms with E-state index >= 15 is 0 Å². The van der Waals surface area contributed by atoms with Crippen molar-refractivity contribution in [2.75, 3.05) is 18.5 Å². The third kappa shape index (κ3) is 4.69. The molecule has 9 heteroatoms. The lowest BCUT2D eigenvalue weighted by atomic mass is 10.2. The van der Waals surface area contributed by atoms with E-state index in [9.17, 15) is 13.2 Å². The van der Waals surface area contributed by atoms with Gasteiger partial charge in [-0.2, -0.15) is 0 Å². The quantitative estimate of drug-likeness (QED) is 0.736. The number of rotatable bonds is 6. The van der Waals surface area contributed by atoms with Gasteiger partial charge in [0.1, 0.15) is 0 Å². The van der Waals surface area contributed by atoms with E-state index < -0.39 is 15.9 Å². The molecule has 3 rings (SSSR count). The molecule has 0 aliphatic carbocycles. The lowest BCUT2D eigenvalue weighted by Gasteiger charge is -2.11. The highest BCUT2D eigenvalue weighted by Crippen LogP contribution is 2.18. The summed E-state index contributed by atoms with van der Waals surface area (Å²) in [6.07, 6.45) is 1.74. The smallest absolute Gasteiger partial charge is 0.291 e. The molecule has 1 aliphatic heterocycles. The van der Waals surface area contributed by atoms with Crippen LogP contribution in [-0.4, -0.2) is 33.6 Å². The average molecular weight is 429 g/mol. The average Bonchev–Trinajstić information content (AvgIpc) is 3.25. The van der Waals surface area contributed by atoms with Gasteiger partial charge in [0, 0.05) is 18.8 Å². The largest absolute Gasteiger partial charge is 0.444 e. The van der Waals surface area contributed by atoms with Crippen molar-refractivity contribution in [1.29, 1.82) is 0 Å². The molecular formula is C16H17BrN2O5S. The number of nitrogens with one attached hydrogen (secondary N) is 2. The number of furan rings is 1. The van der Waals surface area contributed by atoms with Gasteiger partial charge in [0.25, 0.3) is 5.91 Å². The zero-order chi connectivity index (χ0) is 17.9. The first-order valence-electron chi connectivity index (χ1n) is 7.72. The van der Waals surface area contributed by atoms with E-state index in [4.69, 9.17) is 9.15 Å². The number of hydrogen-bond acceptors (Lipinski definition) is 5. The van der Waals surface area contributed by atoms with Gasteiger partial charge < -0.3 is 14.5 Å². The second kappa shape index (κ2) is 7.69. The van der Waals surface area contributed by atoms with Gasteiger partial charge in [-0.1, -0.05) is 0 Å². The molecule has 1 fully saturated rings. The second-order valence-corrected chi connectivity index (χ2v) is 8.12. The van der Waals surface area contributed by atoms with E-state index in [1.807, 2.05) is 0 Å². The Morgan fingerprint density at radius 1 is 1.20 bits per heavy atom. The fraction of sp³-hybridized carbons (Fsp3) is 0.312. The highest BCUT2D eigenvalue weighted by atomic mass is 79.9. The molecular weight excluding hydrogens is 412 g/mol. The second-order valence-electron chi connectivity index (χ2n) is 5.57. The summed E-state index contributed by atoms with van der Waals surface area (Å²) >= 11 is 3.13. The van der Waals surface area contributed by atoms with Crippen LogP contribution in [-0.2, 0) is 14.8 Å². The molecule has 0 bridgehead atoms. The Morgan fingerprint density at radius 3 is 2.56 bits per heavy atom. The fourth-order valence-electron chi connectivity index (χ4n) is 2.44. The van der Waals surface area contributed by atoms with E-state index in [1.165, 1.54) is 30.3 Å². The zero-order valence-corrected chi connectivity index (χ0v) is 15.6. The Kier molecular flexibility index (Phi) is 5.57. The van der Waals surface area contributed by atoms with Crippen LogP contribution in [0.1, 0.15) is 23.4 Å². The molecule has 1 aliphatic rings. The van der Waals surface area contributed by atoms with Crippen LogP contribution in [0.4, 0.5) is 5.69 Å². The molecule has 0 spiro atoms. The number of carbonyl (C=O) groups excluding carboxylic acids is 1. The van der Waals surface area contributed by atoms with E-state index in [-0.39, 0.29) is 23.3 Å². The SMILES string of the molecule is O=C(Nc1ccc(S(=O)(=O)NC[C@@H]2CCCO2)cc1)c1ccc(Br)o1. The molecule has 1 aromatic carbocycles. The number of benzene rings is 1. The Hall–Kier alpha value is -1.68. The maximum absolute atomic E-state index is 12.3. The van der Waals surface area contributed by atoms with E-state index in [0.717, 1.165) is 12.8 Å². The molecule has 2 aromatic rings. The minimum Gasteiger partial charge on any atom is -0.444 e. The van der Waals surface area contributed by atoms with Crippen molar-refractivity contribution in [3.8, 4) is 0 Å². The number of hydrogen-bond donors (Lipinski definition) is 2. The molecule has 1 atom stereocenters. The summed E-state index contributed by atoms with van der Waals surface area (Å²) in [5.74, 6) is -0.264. The Morgan fingerprint density at radius 2 is 1.96 bits per heavy atom. The summed E-state index contributed by atoms with van der Waals surface area (Å²) in [6, 6.07) is 9.07. The zero-order valence-electron chi connectivity index (χ0n) is 13.2. The van der Waals surface area contributed by atoms with Crippen molar-refractivity contribution in [3.05, 3.63) is 46.8 Å². The van der Waals surface area contributed by atoms with Crippen molar-refractivity contribution >= 4 is 37.5 Å². The van der Waals surface area contributed by atoms with Crippen molar-refractivity contribution in [2.45, 2.75) is 23.8 Å². The van der Waals surface area contributed by atoms with Crippen molar-refractivity contribution < 1.29 is 22.4 Å². The van der Waals surface area contributed by atoms with Gasteiger partial charge in [0.2, 0.25) is 10.0 Å². The van der Waals surface area contributed by atoms with Crippen molar-refractivity contribution in [1.82, 2.24) is 4.72 Å². The highest BCUT2D eigenvalue weighted by molar-refractivity contribution is 9.10. The van der Waals surface area contributed by atoms with Gasteiger partial charge in [0.15, 0.2) is 10.4 Å². The Labute approximate surface area is 153 Å². The first kappa shape index (κ1) is 18.1. The van der Waals surface area contributed by atoms with E-state index in [2.05, 4.69) is 26.0 Å². The fourth-order valence-corrected chi connectivity index (χ4v) is 3.81. The van der Waals surface area contributed by atoms with Crippen molar-refractivity contribution in [2.24, 2.45) is 0 Å². The molecule has 2 heterocycles. The molecule has 25 heavy (non-hydrogen) atoms. The minimum absolute atomic E-state index is 0.0686. The van der Waals surface area contributed by atoms with Crippen LogP contribution in [0.5, 0.6) is 0 Å². The molecule has 2 N–H and O–H groups in total. The molecule has 0 radical (unpaired) electrons. The lowest BCUT2D eigenvalue weighted by Crippen LogP contribution is -2.31. The van der Waals surface area contributed by atoms with Gasteiger partial charge in [-0.25, -0.2) is 13.1 Å². The summed E-state index contributed by atoms with van der Waals surface area (Å²) in [4.78, 5) is 12.1. The summed E-state index contributed by atoms with van der Waals surface area (Å²) in [6.45, 7) is 0.932. The standard InChI is InChI=1S/C16H17BrN2O5S/c17-15-8-7-14(24-15)16(20)19-11-3-5-13(6-4-11)25(21,22)18-10-12-2-1-9-23-12/h3-8,12,18H,1-2,9-10H2,(H,19,20)/t12-/m0/s1. The molecule has 1 saturated heterocycles. The van der Waals surface area contributed by atoms with Crippen LogP contribution in [0.3, 0.4) is 0 Å². The topological polar surface area (TPSA) is 97.6 Å². The van der Waals surface area contributed by atoms with Gasteiger partial charge in [-0.05, 0) is 65.2 Å². The van der Waals surface area contributed by atoms with E-state index in [1.54, 1.807) is 6.07 Å². The number of halogens is 1. The maximum Gasteiger partial charge on any atom is 0.291 e. The van der Waals surface area contributed by atoms with Crippen LogP contribution < -0.4 is 10.0 Å². The van der Waals surface area contributed by atoms with Gasteiger partial charge in [-0.15, -0.1) is 0 Å². The molecule has 134 valence electrons. The third-order valence-electron chi connectivity index (χ3n) is 3.74. The predicted molar refractivity (Wildman–Crippen MR) is 95.0 cm³/mol. The van der Waals surface area contributed by atoms with Gasteiger partial charge in [-0.3, -0.25) is 4.79 Å². The first-order valence-corrected chi connectivity index (χ1v) is 10.00. The number of sulfonamides is 1. The molecule has 1 amide bonds.